The van der Waals surface area contributed by atoms with Crippen molar-refractivity contribution in [1.29, 1.82) is 0 Å². The zero-order valence-corrected chi connectivity index (χ0v) is 7.74. The van der Waals surface area contributed by atoms with Crippen molar-refractivity contribution in [2.45, 2.75) is 6.54 Å². The first-order chi connectivity index (χ1) is 5.61. The number of carbonyl (C=O) groups is 1. The molecule has 0 atom stereocenters. The van der Waals surface area contributed by atoms with E-state index >= 15 is 0 Å². The SMILES string of the molecule is NC(=O)Cn1cccc(Br)c1=O. The highest BCUT2D eigenvalue weighted by atomic mass is 79.9. The molecule has 0 aliphatic heterocycles. The van der Waals surface area contributed by atoms with Crippen molar-refractivity contribution in [2.75, 3.05) is 0 Å². The summed E-state index contributed by atoms with van der Waals surface area (Å²) in [6.07, 6.45) is 1.51. The molecule has 0 aromatic carbocycles. The molecule has 1 rings (SSSR count). The number of halogens is 1. The molecule has 0 aliphatic carbocycles. The minimum atomic E-state index is -0.532. The summed E-state index contributed by atoms with van der Waals surface area (Å²) in [6.45, 7) is -0.0850. The van der Waals surface area contributed by atoms with Gasteiger partial charge in [0.15, 0.2) is 0 Å². The number of primary amides is 1. The van der Waals surface area contributed by atoms with E-state index in [1.165, 1.54) is 10.8 Å². The summed E-state index contributed by atoms with van der Waals surface area (Å²) in [7, 11) is 0. The van der Waals surface area contributed by atoms with Crippen LogP contribution in [0, 0.1) is 0 Å². The largest absolute Gasteiger partial charge is 0.368 e. The maximum absolute atomic E-state index is 11.2. The second-order valence-corrected chi connectivity index (χ2v) is 3.11. The van der Waals surface area contributed by atoms with E-state index in [0.29, 0.717) is 4.47 Å². The van der Waals surface area contributed by atoms with Crippen molar-refractivity contribution in [3.05, 3.63) is 33.2 Å². The molecule has 2 N–H and O–H groups in total. The Labute approximate surface area is 77.1 Å². The molecule has 0 saturated heterocycles. The fourth-order valence-corrected chi connectivity index (χ4v) is 1.18. The van der Waals surface area contributed by atoms with E-state index in [0.717, 1.165) is 0 Å². The molecule has 4 nitrogen and oxygen atoms in total. The van der Waals surface area contributed by atoms with Crippen LogP contribution in [0.15, 0.2) is 27.6 Å². The van der Waals surface area contributed by atoms with E-state index in [1.807, 2.05) is 0 Å². The van der Waals surface area contributed by atoms with Gasteiger partial charge in [-0.2, -0.15) is 0 Å². The zero-order valence-electron chi connectivity index (χ0n) is 6.16. The third kappa shape index (κ3) is 1.94. The minimum Gasteiger partial charge on any atom is -0.368 e. The van der Waals surface area contributed by atoms with Crippen molar-refractivity contribution in [3.8, 4) is 0 Å². The van der Waals surface area contributed by atoms with Crippen molar-refractivity contribution in [1.82, 2.24) is 4.57 Å². The summed E-state index contributed by atoms with van der Waals surface area (Å²) in [6, 6.07) is 3.27. The van der Waals surface area contributed by atoms with Gasteiger partial charge < -0.3 is 10.3 Å². The molecule has 1 heterocycles. The predicted octanol–water partition coefficient (Wildman–Crippen LogP) is 0.0961. The maximum Gasteiger partial charge on any atom is 0.265 e. The van der Waals surface area contributed by atoms with Crippen LogP contribution in [0.1, 0.15) is 0 Å². The summed E-state index contributed by atoms with van der Waals surface area (Å²) in [5.41, 5.74) is 4.68. The summed E-state index contributed by atoms with van der Waals surface area (Å²) in [4.78, 5) is 21.7. The van der Waals surface area contributed by atoms with Gasteiger partial charge in [-0.1, -0.05) is 0 Å². The van der Waals surface area contributed by atoms with Gasteiger partial charge in [-0.05, 0) is 28.1 Å². The normalized spacial score (nSPS) is 9.75. The molecule has 0 unspecified atom stereocenters. The average molecular weight is 231 g/mol. The number of rotatable bonds is 2. The molecular weight excluding hydrogens is 224 g/mol. The first kappa shape index (κ1) is 8.99. The number of aromatic nitrogens is 1. The lowest BCUT2D eigenvalue weighted by atomic mass is 10.4. The molecule has 0 spiro atoms. The van der Waals surface area contributed by atoms with Crippen molar-refractivity contribution >= 4 is 21.8 Å². The van der Waals surface area contributed by atoms with Gasteiger partial charge >= 0.3 is 0 Å². The lowest BCUT2D eigenvalue weighted by molar-refractivity contribution is -0.118. The Morgan fingerprint density at radius 2 is 2.33 bits per heavy atom. The third-order valence-corrected chi connectivity index (χ3v) is 1.90. The first-order valence-electron chi connectivity index (χ1n) is 3.24. The molecule has 0 saturated carbocycles. The Hall–Kier alpha value is -1.10. The summed E-state index contributed by atoms with van der Waals surface area (Å²) in [5, 5.41) is 0. The Kier molecular flexibility index (Phi) is 2.65. The molecule has 12 heavy (non-hydrogen) atoms. The van der Waals surface area contributed by atoms with Crippen molar-refractivity contribution in [2.24, 2.45) is 5.73 Å². The van der Waals surface area contributed by atoms with Crippen LogP contribution < -0.4 is 11.3 Å². The van der Waals surface area contributed by atoms with Gasteiger partial charge in [0.25, 0.3) is 5.56 Å². The summed E-state index contributed by atoms with van der Waals surface area (Å²) >= 11 is 3.05. The number of hydrogen-bond donors (Lipinski definition) is 1. The molecule has 0 aliphatic rings. The quantitative estimate of drug-likeness (QED) is 0.784. The van der Waals surface area contributed by atoms with E-state index in [4.69, 9.17) is 5.73 Å². The van der Waals surface area contributed by atoms with E-state index < -0.39 is 5.91 Å². The number of pyridine rings is 1. The summed E-state index contributed by atoms with van der Waals surface area (Å²) in [5.74, 6) is -0.532. The van der Waals surface area contributed by atoms with E-state index in [-0.39, 0.29) is 12.1 Å². The first-order valence-corrected chi connectivity index (χ1v) is 4.04. The molecule has 1 aromatic heterocycles. The second kappa shape index (κ2) is 3.53. The number of nitrogens with two attached hydrogens (primary N) is 1. The van der Waals surface area contributed by atoms with Crippen LogP contribution in [-0.2, 0) is 11.3 Å². The Morgan fingerprint density at radius 1 is 1.67 bits per heavy atom. The Balaban J connectivity index is 3.09. The van der Waals surface area contributed by atoms with Gasteiger partial charge in [-0.15, -0.1) is 0 Å². The topological polar surface area (TPSA) is 65.1 Å². The molecule has 5 heteroatoms. The number of hydrogen-bond acceptors (Lipinski definition) is 2. The predicted molar refractivity (Wildman–Crippen MR) is 47.6 cm³/mol. The number of amides is 1. The van der Waals surface area contributed by atoms with Gasteiger partial charge in [0.2, 0.25) is 5.91 Å². The van der Waals surface area contributed by atoms with Crippen LogP contribution in [-0.4, -0.2) is 10.5 Å². The molecule has 1 amide bonds. The number of carbonyl (C=O) groups excluding carboxylic acids is 1. The van der Waals surface area contributed by atoms with Gasteiger partial charge in [0.05, 0.1) is 4.47 Å². The van der Waals surface area contributed by atoms with Crippen molar-refractivity contribution in [3.63, 3.8) is 0 Å². The molecule has 64 valence electrons. The van der Waals surface area contributed by atoms with Gasteiger partial charge in [-0.3, -0.25) is 9.59 Å². The van der Waals surface area contributed by atoms with Gasteiger partial charge in [0.1, 0.15) is 6.54 Å². The number of nitrogens with zero attached hydrogens (tertiary/aromatic N) is 1. The molecule has 0 radical (unpaired) electrons. The molecule has 1 aromatic rings. The second-order valence-electron chi connectivity index (χ2n) is 2.26. The smallest absolute Gasteiger partial charge is 0.265 e. The fourth-order valence-electron chi connectivity index (χ4n) is 0.800. The zero-order chi connectivity index (χ0) is 9.14. The lowest BCUT2D eigenvalue weighted by Gasteiger charge is -2.01. The highest BCUT2D eigenvalue weighted by Crippen LogP contribution is 1.99. The van der Waals surface area contributed by atoms with E-state index in [2.05, 4.69) is 15.9 Å². The highest BCUT2D eigenvalue weighted by molar-refractivity contribution is 9.10. The minimum absolute atomic E-state index is 0.0850. The van der Waals surface area contributed by atoms with Crippen LogP contribution in [0.5, 0.6) is 0 Å². The highest BCUT2D eigenvalue weighted by Gasteiger charge is 2.01. The third-order valence-electron chi connectivity index (χ3n) is 1.30. The van der Waals surface area contributed by atoms with Gasteiger partial charge in [-0.25, -0.2) is 0 Å². The van der Waals surface area contributed by atoms with Gasteiger partial charge in [0, 0.05) is 6.20 Å². The van der Waals surface area contributed by atoms with E-state index in [9.17, 15) is 9.59 Å². The molecule has 0 fully saturated rings. The monoisotopic (exact) mass is 230 g/mol. The lowest BCUT2D eigenvalue weighted by Crippen LogP contribution is -2.27. The van der Waals surface area contributed by atoms with Crippen LogP contribution in [0.25, 0.3) is 0 Å². The van der Waals surface area contributed by atoms with E-state index in [1.54, 1.807) is 12.1 Å². The standard InChI is InChI=1S/C7H7BrN2O2/c8-5-2-1-3-10(7(5)12)4-6(9)11/h1-3H,4H2,(H2,9,11). The summed E-state index contributed by atoms with van der Waals surface area (Å²) < 4.78 is 1.66. The average Bonchev–Trinajstić information content (AvgIpc) is 1.98. The van der Waals surface area contributed by atoms with Crippen LogP contribution in [0.2, 0.25) is 0 Å². The molecular formula is C7H7BrN2O2. The fraction of sp³-hybridized carbons (Fsp3) is 0.143. The van der Waals surface area contributed by atoms with Crippen LogP contribution >= 0.6 is 15.9 Å². The van der Waals surface area contributed by atoms with Crippen LogP contribution in [0.4, 0.5) is 0 Å². The molecule has 0 bridgehead atoms. The maximum atomic E-state index is 11.2. The Morgan fingerprint density at radius 3 is 2.92 bits per heavy atom. The Bertz CT molecular complexity index is 359. The van der Waals surface area contributed by atoms with Crippen LogP contribution in [0.3, 0.4) is 0 Å². The van der Waals surface area contributed by atoms with Crippen molar-refractivity contribution < 1.29 is 4.79 Å².